The zero-order chi connectivity index (χ0) is 12.8. The number of aryl methyl sites for hydroxylation is 1. The Balaban J connectivity index is 3.03. The number of hydrogen-bond donors (Lipinski definition) is 1. The van der Waals surface area contributed by atoms with Gasteiger partial charge >= 0.3 is 0 Å². The second-order valence-electron chi connectivity index (χ2n) is 4.20. The second kappa shape index (κ2) is 6.27. The molecule has 0 radical (unpaired) electrons. The SMILES string of the molecule is CCC(C#N)Oc1cc(C)ccc1C(C)NC. The first kappa shape index (κ1) is 13.5. The molecule has 0 fully saturated rings. The molecule has 2 unspecified atom stereocenters. The van der Waals surface area contributed by atoms with Crippen molar-refractivity contribution in [1.82, 2.24) is 5.32 Å². The van der Waals surface area contributed by atoms with Gasteiger partial charge in [-0.15, -0.1) is 0 Å². The maximum Gasteiger partial charge on any atom is 0.184 e. The van der Waals surface area contributed by atoms with E-state index < -0.39 is 0 Å². The number of ether oxygens (including phenoxy) is 1. The molecule has 92 valence electrons. The molecule has 3 nitrogen and oxygen atoms in total. The Morgan fingerprint density at radius 2 is 2.18 bits per heavy atom. The first-order valence-corrected chi connectivity index (χ1v) is 5.96. The van der Waals surface area contributed by atoms with Crippen molar-refractivity contribution in [3.8, 4) is 11.8 Å². The molecule has 1 aromatic carbocycles. The summed E-state index contributed by atoms with van der Waals surface area (Å²) in [6, 6.07) is 8.47. The van der Waals surface area contributed by atoms with Crippen molar-refractivity contribution in [3.63, 3.8) is 0 Å². The molecule has 0 aliphatic heterocycles. The van der Waals surface area contributed by atoms with Crippen LogP contribution in [0, 0.1) is 18.3 Å². The van der Waals surface area contributed by atoms with E-state index in [1.54, 1.807) is 0 Å². The molecule has 0 heterocycles. The Hall–Kier alpha value is -1.53. The van der Waals surface area contributed by atoms with Gasteiger partial charge in [-0.3, -0.25) is 0 Å². The highest BCUT2D eigenvalue weighted by Gasteiger charge is 2.13. The van der Waals surface area contributed by atoms with Crippen LogP contribution >= 0.6 is 0 Å². The van der Waals surface area contributed by atoms with Crippen LogP contribution in [0.5, 0.6) is 5.75 Å². The summed E-state index contributed by atoms with van der Waals surface area (Å²) >= 11 is 0. The van der Waals surface area contributed by atoms with E-state index in [4.69, 9.17) is 10.00 Å². The van der Waals surface area contributed by atoms with E-state index in [-0.39, 0.29) is 12.1 Å². The summed E-state index contributed by atoms with van der Waals surface area (Å²) in [5.74, 6) is 0.806. The van der Waals surface area contributed by atoms with Crippen LogP contribution in [0.3, 0.4) is 0 Å². The van der Waals surface area contributed by atoms with Crippen LogP contribution in [0.15, 0.2) is 18.2 Å². The zero-order valence-electron chi connectivity index (χ0n) is 10.9. The number of rotatable bonds is 5. The molecule has 0 aliphatic carbocycles. The monoisotopic (exact) mass is 232 g/mol. The van der Waals surface area contributed by atoms with Crippen molar-refractivity contribution >= 4 is 0 Å². The number of nitrogens with one attached hydrogen (secondary N) is 1. The van der Waals surface area contributed by atoms with Crippen LogP contribution in [0.25, 0.3) is 0 Å². The molecule has 2 atom stereocenters. The molecule has 1 aromatic rings. The fourth-order valence-electron chi connectivity index (χ4n) is 1.61. The Morgan fingerprint density at radius 1 is 1.47 bits per heavy atom. The van der Waals surface area contributed by atoms with Gasteiger partial charge in [-0.05, 0) is 38.9 Å². The van der Waals surface area contributed by atoms with Crippen LogP contribution in [0.4, 0.5) is 0 Å². The molecule has 1 N–H and O–H groups in total. The van der Waals surface area contributed by atoms with Gasteiger partial charge in [0.05, 0.1) is 0 Å². The lowest BCUT2D eigenvalue weighted by Crippen LogP contribution is -2.17. The zero-order valence-corrected chi connectivity index (χ0v) is 10.9. The maximum atomic E-state index is 8.95. The second-order valence-corrected chi connectivity index (χ2v) is 4.20. The minimum Gasteiger partial charge on any atom is -0.475 e. The number of hydrogen-bond acceptors (Lipinski definition) is 3. The van der Waals surface area contributed by atoms with Crippen LogP contribution < -0.4 is 10.1 Å². The lowest BCUT2D eigenvalue weighted by atomic mass is 10.0. The highest BCUT2D eigenvalue weighted by molar-refractivity contribution is 5.39. The van der Waals surface area contributed by atoms with Gasteiger partial charge in [-0.2, -0.15) is 5.26 Å². The predicted molar refractivity (Wildman–Crippen MR) is 69.0 cm³/mol. The van der Waals surface area contributed by atoms with Gasteiger partial charge in [0, 0.05) is 11.6 Å². The van der Waals surface area contributed by atoms with Crippen molar-refractivity contribution in [1.29, 1.82) is 5.26 Å². The normalized spacial score (nSPS) is 13.8. The Morgan fingerprint density at radius 3 is 2.71 bits per heavy atom. The van der Waals surface area contributed by atoms with Crippen LogP contribution in [0.2, 0.25) is 0 Å². The van der Waals surface area contributed by atoms with Crippen LogP contribution in [-0.2, 0) is 0 Å². The van der Waals surface area contributed by atoms with Gasteiger partial charge in [0.15, 0.2) is 6.10 Å². The van der Waals surface area contributed by atoms with Gasteiger partial charge in [-0.1, -0.05) is 19.1 Å². The first-order chi connectivity index (χ1) is 8.12. The summed E-state index contributed by atoms with van der Waals surface area (Å²) in [6.45, 7) is 6.05. The molecule has 0 aromatic heterocycles. The van der Waals surface area contributed by atoms with Crippen LogP contribution in [-0.4, -0.2) is 13.2 Å². The average molecular weight is 232 g/mol. The number of benzene rings is 1. The van der Waals surface area contributed by atoms with Crippen molar-refractivity contribution in [3.05, 3.63) is 29.3 Å². The molecule has 17 heavy (non-hydrogen) atoms. The summed E-state index contributed by atoms with van der Waals surface area (Å²) in [7, 11) is 1.91. The molecule has 0 spiro atoms. The van der Waals surface area contributed by atoms with Gasteiger partial charge in [-0.25, -0.2) is 0 Å². The van der Waals surface area contributed by atoms with E-state index in [0.717, 1.165) is 16.9 Å². The molecule has 0 saturated carbocycles. The van der Waals surface area contributed by atoms with Crippen molar-refractivity contribution < 1.29 is 4.74 Å². The van der Waals surface area contributed by atoms with Crippen molar-refractivity contribution in [2.24, 2.45) is 0 Å². The van der Waals surface area contributed by atoms with Crippen molar-refractivity contribution in [2.45, 2.75) is 39.3 Å². The lowest BCUT2D eigenvalue weighted by Gasteiger charge is -2.19. The number of nitriles is 1. The third-order valence-corrected chi connectivity index (χ3v) is 2.85. The fraction of sp³-hybridized carbons (Fsp3) is 0.500. The van der Waals surface area contributed by atoms with Gasteiger partial charge < -0.3 is 10.1 Å². The van der Waals surface area contributed by atoms with E-state index in [2.05, 4.69) is 30.4 Å². The predicted octanol–water partition coefficient (Wildman–Crippen LogP) is 2.96. The van der Waals surface area contributed by atoms with E-state index in [0.29, 0.717) is 6.42 Å². The summed E-state index contributed by atoms with van der Waals surface area (Å²) in [4.78, 5) is 0. The highest BCUT2D eigenvalue weighted by atomic mass is 16.5. The molecule has 0 amide bonds. The third kappa shape index (κ3) is 3.47. The minimum absolute atomic E-state index is 0.210. The number of nitrogens with zero attached hydrogens (tertiary/aromatic N) is 1. The highest BCUT2D eigenvalue weighted by Crippen LogP contribution is 2.27. The Labute approximate surface area is 103 Å². The van der Waals surface area contributed by atoms with Crippen LogP contribution in [0.1, 0.15) is 37.4 Å². The van der Waals surface area contributed by atoms with Gasteiger partial charge in [0.1, 0.15) is 11.8 Å². The summed E-state index contributed by atoms with van der Waals surface area (Å²) in [6.07, 6.45) is 0.317. The van der Waals surface area contributed by atoms with Crippen molar-refractivity contribution in [2.75, 3.05) is 7.05 Å². The molecule has 0 saturated heterocycles. The molecule has 0 bridgehead atoms. The average Bonchev–Trinajstić information content (AvgIpc) is 2.35. The first-order valence-electron chi connectivity index (χ1n) is 5.96. The Kier molecular flexibility index (Phi) is 4.99. The van der Waals surface area contributed by atoms with E-state index >= 15 is 0 Å². The van der Waals surface area contributed by atoms with Gasteiger partial charge in [0.2, 0.25) is 0 Å². The molecule has 1 rings (SSSR count). The maximum absolute atomic E-state index is 8.95. The minimum atomic E-state index is -0.375. The topological polar surface area (TPSA) is 45.0 Å². The summed E-state index contributed by atoms with van der Waals surface area (Å²) < 4.78 is 5.75. The van der Waals surface area contributed by atoms with E-state index in [1.165, 1.54) is 0 Å². The lowest BCUT2D eigenvalue weighted by molar-refractivity contribution is 0.247. The smallest absolute Gasteiger partial charge is 0.184 e. The fourth-order valence-corrected chi connectivity index (χ4v) is 1.61. The molecule has 0 aliphatic rings. The summed E-state index contributed by atoms with van der Waals surface area (Å²) in [5, 5.41) is 12.1. The molecular weight excluding hydrogens is 212 g/mol. The molecular formula is C14H20N2O. The van der Waals surface area contributed by atoms with E-state index in [9.17, 15) is 0 Å². The molecule has 3 heteroatoms. The Bertz CT molecular complexity index is 409. The standard InChI is InChI=1S/C14H20N2O/c1-5-12(9-15)17-14-8-10(2)6-7-13(14)11(3)16-4/h6-8,11-12,16H,5H2,1-4H3. The van der Waals surface area contributed by atoms with E-state index in [1.807, 2.05) is 27.0 Å². The third-order valence-electron chi connectivity index (χ3n) is 2.85. The summed E-state index contributed by atoms with van der Waals surface area (Å²) in [5.41, 5.74) is 2.23. The van der Waals surface area contributed by atoms with Gasteiger partial charge in [0.25, 0.3) is 0 Å². The quantitative estimate of drug-likeness (QED) is 0.849. The largest absolute Gasteiger partial charge is 0.475 e.